The number of benzene rings is 1. The van der Waals surface area contributed by atoms with Gasteiger partial charge in [0.15, 0.2) is 0 Å². The first kappa shape index (κ1) is 31.6. The summed E-state index contributed by atoms with van der Waals surface area (Å²) < 4.78 is 16.7. The molecule has 3 amide bonds. The molecular formula is C31H47N5O7. The van der Waals surface area contributed by atoms with Crippen LogP contribution in [0.4, 0.5) is 0 Å². The molecule has 0 spiro atoms. The Morgan fingerprint density at radius 2 is 1.56 bits per heavy atom. The van der Waals surface area contributed by atoms with Crippen LogP contribution in [0.15, 0.2) is 24.3 Å². The van der Waals surface area contributed by atoms with Gasteiger partial charge in [-0.05, 0) is 44.6 Å². The van der Waals surface area contributed by atoms with Gasteiger partial charge in [0.1, 0.15) is 24.9 Å². The van der Waals surface area contributed by atoms with E-state index in [1.807, 2.05) is 18.2 Å². The summed E-state index contributed by atoms with van der Waals surface area (Å²) in [5.41, 5.74) is 0.871. The molecule has 4 aliphatic heterocycles. The number of phenolic OH excluding ortho intramolecular Hbond substituents is 1. The topological polar surface area (TPSA) is 133 Å². The fourth-order valence-corrected chi connectivity index (χ4v) is 6.62. The number of nitrogens with one attached hydrogen (secondary N) is 2. The number of aromatic hydroxyl groups is 1. The number of piperidine rings is 2. The average molecular weight is 602 g/mol. The summed E-state index contributed by atoms with van der Waals surface area (Å²) in [5.74, 6) is -0.334. The van der Waals surface area contributed by atoms with E-state index in [0.717, 1.165) is 51.1 Å². The summed E-state index contributed by atoms with van der Waals surface area (Å²) in [6.45, 7) is 5.08. The first-order chi connectivity index (χ1) is 21.0. The molecule has 0 saturated carbocycles. The maximum absolute atomic E-state index is 13.9. The van der Waals surface area contributed by atoms with Gasteiger partial charge in [0.2, 0.25) is 17.7 Å². The number of para-hydroxylation sites is 1. The predicted octanol–water partition coefficient (Wildman–Crippen LogP) is 0.476. The number of nitrogens with zero attached hydrogens (tertiary/aromatic N) is 3. The molecule has 12 heteroatoms. The summed E-state index contributed by atoms with van der Waals surface area (Å²) in [7, 11) is 0. The van der Waals surface area contributed by atoms with E-state index in [1.54, 1.807) is 15.9 Å². The van der Waals surface area contributed by atoms with Crippen molar-refractivity contribution < 1.29 is 33.7 Å². The highest BCUT2D eigenvalue weighted by molar-refractivity contribution is 5.90. The van der Waals surface area contributed by atoms with Crippen LogP contribution in [-0.2, 0) is 35.1 Å². The Morgan fingerprint density at radius 1 is 0.814 bits per heavy atom. The second-order valence-corrected chi connectivity index (χ2v) is 12.0. The van der Waals surface area contributed by atoms with Gasteiger partial charge in [-0.2, -0.15) is 0 Å². The Bertz CT molecular complexity index is 1080. The molecular weight excluding hydrogens is 554 g/mol. The van der Waals surface area contributed by atoms with Crippen LogP contribution < -0.4 is 10.6 Å². The lowest BCUT2D eigenvalue weighted by atomic mass is 9.94. The molecule has 4 aliphatic rings. The molecule has 3 N–H and O–H groups in total. The lowest BCUT2D eigenvalue weighted by Crippen LogP contribution is -2.60. The Morgan fingerprint density at radius 3 is 2.35 bits per heavy atom. The van der Waals surface area contributed by atoms with Gasteiger partial charge in [-0.3, -0.25) is 19.3 Å². The number of carbonyl (C=O) groups is 3. The van der Waals surface area contributed by atoms with Crippen molar-refractivity contribution in [1.29, 1.82) is 0 Å². The van der Waals surface area contributed by atoms with Gasteiger partial charge in [0, 0.05) is 69.6 Å². The largest absolute Gasteiger partial charge is 0.508 e. The summed E-state index contributed by atoms with van der Waals surface area (Å²) >= 11 is 0. The smallest absolute Gasteiger partial charge is 0.249 e. The SMILES string of the molecule is O=C1NCCOCCOCC(=O)N(C2CCN(Cc3ccccc3O)CC2)CC(=O)N2CC[C@@H](NC3CCOCC3)C[C@@H]12. The zero-order valence-corrected chi connectivity index (χ0v) is 25.1. The lowest BCUT2D eigenvalue weighted by Gasteiger charge is -2.42. The van der Waals surface area contributed by atoms with E-state index in [2.05, 4.69) is 15.5 Å². The number of likely N-dealkylation sites (tertiary alicyclic amines) is 1. The molecule has 43 heavy (non-hydrogen) atoms. The number of amides is 3. The zero-order chi connectivity index (χ0) is 30.0. The summed E-state index contributed by atoms with van der Waals surface area (Å²) in [6, 6.07) is 7.08. The van der Waals surface area contributed by atoms with Crippen molar-refractivity contribution in [3.05, 3.63) is 29.8 Å². The van der Waals surface area contributed by atoms with Crippen molar-refractivity contribution in [2.24, 2.45) is 0 Å². The molecule has 1 aromatic carbocycles. The molecule has 0 unspecified atom stereocenters. The predicted molar refractivity (Wildman–Crippen MR) is 158 cm³/mol. The van der Waals surface area contributed by atoms with Gasteiger partial charge in [-0.1, -0.05) is 18.2 Å². The molecule has 12 nitrogen and oxygen atoms in total. The highest BCUT2D eigenvalue weighted by atomic mass is 16.5. The van der Waals surface area contributed by atoms with Crippen LogP contribution in [0, 0.1) is 0 Å². The van der Waals surface area contributed by atoms with Crippen LogP contribution >= 0.6 is 0 Å². The first-order valence-electron chi connectivity index (χ1n) is 15.8. The quantitative estimate of drug-likeness (QED) is 0.441. The molecule has 0 aliphatic carbocycles. The molecule has 1 aromatic rings. The van der Waals surface area contributed by atoms with Crippen molar-refractivity contribution in [3.8, 4) is 5.75 Å². The van der Waals surface area contributed by atoms with Crippen molar-refractivity contribution >= 4 is 17.7 Å². The molecule has 5 rings (SSSR count). The Kier molecular flexibility index (Phi) is 11.6. The minimum atomic E-state index is -0.614. The van der Waals surface area contributed by atoms with Gasteiger partial charge in [-0.15, -0.1) is 0 Å². The minimum absolute atomic E-state index is 0.0787. The van der Waals surface area contributed by atoms with Crippen LogP contribution in [0.3, 0.4) is 0 Å². The number of ether oxygens (including phenoxy) is 3. The van der Waals surface area contributed by atoms with E-state index >= 15 is 0 Å². The molecule has 0 bridgehead atoms. The van der Waals surface area contributed by atoms with Gasteiger partial charge >= 0.3 is 0 Å². The molecule has 238 valence electrons. The normalized spacial score (nSPS) is 26.8. The minimum Gasteiger partial charge on any atom is -0.508 e. The van der Waals surface area contributed by atoms with E-state index in [1.165, 1.54) is 0 Å². The van der Waals surface area contributed by atoms with Gasteiger partial charge < -0.3 is 39.8 Å². The van der Waals surface area contributed by atoms with E-state index in [4.69, 9.17) is 14.2 Å². The average Bonchev–Trinajstić information content (AvgIpc) is 3.03. The third-order valence-corrected chi connectivity index (χ3v) is 9.07. The molecule has 0 radical (unpaired) electrons. The van der Waals surface area contributed by atoms with Crippen molar-refractivity contribution in [1.82, 2.24) is 25.3 Å². The molecule has 4 saturated heterocycles. The Labute approximate surface area is 254 Å². The van der Waals surface area contributed by atoms with Crippen LogP contribution in [0.1, 0.15) is 44.1 Å². The highest BCUT2D eigenvalue weighted by Crippen LogP contribution is 2.25. The van der Waals surface area contributed by atoms with E-state index in [0.29, 0.717) is 58.2 Å². The number of hydrogen-bond donors (Lipinski definition) is 3. The number of fused-ring (bicyclic) bond motifs is 1. The van der Waals surface area contributed by atoms with Gasteiger partial charge in [-0.25, -0.2) is 0 Å². The summed E-state index contributed by atoms with van der Waals surface area (Å²) in [4.78, 5) is 46.3. The van der Waals surface area contributed by atoms with Crippen LogP contribution in [-0.4, -0.2) is 134 Å². The van der Waals surface area contributed by atoms with Crippen LogP contribution in [0.25, 0.3) is 0 Å². The number of hydrogen-bond acceptors (Lipinski definition) is 9. The lowest BCUT2D eigenvalue weighted by molar-refractivity contribution is -0.150. The molecule has 4 fully saturated rings. The third-order valence-electron chi connectivity index (χ3n) is 9.07. The molecule has 4 heterocycles. The van der Waals surface area contributed by atoms with Gasteiger partial charge in [0.25, 0.3) is 0 Å². The number of rotatable bonds is 5. The number of phenols is 1. The summed E-state index contributed by atoms with van der Waals surface area (Å²) in [5, 5.41) is 16.9. The summed E-state index contributed by atoms with van der Waals surface area (Å²) in [6.07, 6.45) is 4.57. The third kappa shape index (κ3) is 8.89. The van der Waals surface area contributed by atoms with E-state index in [-0.39, 0.29) is 55.3 Å². The highest BCUT2D eigenvalue weighted by Gasteiger charge is 2.39. The Balaban J connectivity index is 1.26. The van der Waals surface area contributed by atoms with Crippen LogP contribution in [0.5, 0.6) is 5.75 Å². The Hall–Kier alpha value is -2.77. The van der Waals surface area contributed by atoms with Crippen molar-refractivity contribution in [2.75, 3.05) is 72.4 Å². The maximum atomic E-state index is 13.9. The zero-order valence-electron chi connectivity index (χ0n) is 25.1. The van der Waals surface area contributed by atoms with Crippen molar-refractivity contribution in [2.45, 2.75) is 69.2 Å². The van der Waals surface area contributed by atoms with E-state index < -0.39 is 6.04 Å². The molecule has 0 aromatic heterocycles. The number of carbonyl (C=O) groups excluding carboxylic acids is 3. The fraction of sp³-hybridized carbons (Fsp3) is 0.710. The second-order valence-electron chi connectivity index (χ2n) is 12.0. The van der Waals surface area contributed by atoms with Crippen molar-refractivity contribution in [3.63, 3.8) is 0 Å². The van der Waals surface area contributed by atoms with E-state index in [9.17, 15) is 19.5 Å². The monoisotopic (exact) mass is 601 g/mol. The second kappa shape index (κ2) is 15.8. The van der Waals surface area contributed by atoms with Crippen LogP contribution in [0.2, 0.25) is 0 Å². The van der Waals surface area contributed by atoms with Gasteiger partial charge in [0.05, 0.1) is 19.8 Å². The first-order valence-corrected chi connectivity index (χ1v) is 15.8. The standard InChI is InChI=1S/C31H47N5O7/c37-28-4-2-1-3-23(28)20-34-11-6-26(7-12-34)36-21-29(38)35-13-5-25(33-24-8-14-41-15-9-24)19-27(35)31(40)32-10-16-42-17-18-43-22-30(36)39/h1-4,24-27,33,37H,5-22H2,(H,32,40)/t25-,27+/m1/s1. The molecule has 2 atom stereocenters. The fourth-order valence-electron chi connectivity index (χ4n) is 6.62. The maximum Gasteiger partial charge on any atom is 0.249 e.